The van der Waals surface area contributed by atoms with Crippen molar-refractivity contribution in [3.63, 3.8) is 0 Å². The summed E-state index contributed by atoms with van der Waals surface area (Å²) in [4.78, 5) is -0.346. The van der Waals surface area contributed by atoms with Gasteiger partial charge in [-0.05, 0) is 24.3 Å². The van der Waals surface area contributed by atoms with Gasteiger partial charge in [0.05, 0.1) is 7.11 Å². The topological polar surface area (TPSA) is 65.0 Å². The van der Waals surface area contributed by atoms with Crippen LogP contribution in [0.3, 0.4) is 0 Å². The Labute approximate surface area is 136 Å². The number of rotatable bonds is 5. The lowest BCUT2D eigenvalue weighted by Gasteiger charge is -2.10. The third kappa shape index (κ3) is 4.25. The number of hydrogen-bond acceptors (Lipinski definition) is 5. The van der Waals surface area contributed by atoms with Gasteiger partial charge in [-0.2, -0.15) is 21.6 Å². The maximum absolute atomic E-state index is 13.1. The van der Waals surface area contributed by atoms with Gasteiger partial charge >= 0.3 is 16.3 Å². The molecule has 0 spiro atoms. The van der Waals surface area contributed by atoms with Crippen LogP contribution in [0.4, 0.5) is 13.2 Å². The van der Waals surface area contributed by atoms with Crippen LogP contribution >= 0.6 is 0 Å². The summed E-state index contributed by atoms with van der Waals surface area (Å²) >= 11 is 0. The fourth-order valence-electron chi connectivity index (χ4n) is 1.74. The Hall–Kier alpha value is -2.55. The first-order valence-electron chi connectivity index (χ1n) is 6.52. The summed E-state index contributed by atoms with van der Waals surface area (Å²) in [6.07, 6.45) is -4.88. The molecule has 2 aromatic rings. The molecule has 5 nitrogen and oxygen atoms in total. The van der Waals surface area contributed by atoms with Crippen molar-refractivity contribution in [1.29, 1.82) is 0 Å². The highest BCUT2D eigenvalue weighted by Crippen LogP contribution is 2.24. The van der Waals surface area contributed by atoms with E-state index in [-0.39, 0.29) is 10.5 Å². The molecule has 24 heavy (non-hydrogen) atoms. The van der Waals surface area contributed by atoms with Crippen LogP contribution in [0.1, 0.15) is 5.56 Å². The summed E-state index contributed by atoms with van der Waals surface area (Å²) in [6, 6.07) is 11.5. The van der Waals surface area contributed by atoms with Crippen LogP contribution in [0.25, 0.3) is 0 Å². The van der Waals surface area contributed by atoms with Crippen molar-refractivity contribution in [2.24, 2.45) is 5.16 Å². The van der Waals surface area contributed by atoms with Crippen LogP contribution in [0.15, 0.2) is 64.6 Å². The van der Waals surface area contributed by atoms with Gasteiger partial charge in [-0.15, -0.1) is 0 Å². The fourth-order valence-corrected chi connectivity index (χ4v) is 2.46. The van der Waals surface area contributed by atoms with Crippen molar-refractivity contribution >= 4 is 15.8 Å². The van der Waals surface area contributed by atoms with Gasteiger partial charge in [-0.25, -0.2) is 0 Å². The Morgan fingerprint density at radius 2 is 1.58 bits per heavy atom. The number of halogens is 3. The Balaban J connectivity index is 2.33. The van der Waals surface area contributed by atoms with Gasteiger partial charge in [-0.3, -0.25) is 4.28 Å². The van der Waals surface area contributed by atoms with Crippen molar-refractivity contribution in [2.45, 2.75) is 11.1 Å². The largest absolute Gasteiger partial charge is 0.497 e. The minimum atomic E-state index is -4.88. The quantitative estimate of drug-likeness (QED) is 0.607. The molecule has 0 aliphatic rings. The summed E-state index contributed by atoms with van der Waals surface area (Å²) in [5.41, 5.74) is -1.75. The van der Waals surface area contributed by atoms with Gasteiger partial charge in [-0.1, -0.05) is 35.5 Å². The summed E-state index contributed by atoms with van der Waals surface area (Å²) in [6.45, 7) is 0. The second-order valence-corrected chi connectivity index (χ2v) is 6.04. The number of benzene rings is 2. The van der Waals surface area contributed by atoms with Crippen LogP contribution in [-0.4, -0.2) is 27.4 Å². The van der Waals surface area contributed by atoms with E-state index in [1.165, 1.54) is 37.4 Å². The van der Waals surface area contributed by atoms with E-state index >= 15 is 0 Å². The van der Waals surface area contributed by atoms with E-state index in [1.54, 1.807) is 0 Å². The number of methoxy groups -OCH3 is 1. The molecule has 2 aromatic carbocycles. The van der Waals surface area contributed by atoms with Crippen LogP contribution in [0, 0.1) is 0 Å². The number of hydrogen-bond donors (Lipinski definition) is 0. The molecule has 0 radical (unpaired) electrons. The van der Waals surface area contributed by atoms with E-state index in [4.69, 9.17) is 4.74 Å². The Bertz CT molecular complexity index is 816. The Morgan fingerprint density at radius 1 is 1.00 bits per heavy atom. The predicted octanol–water partition coefficient (Wildman–Crippen LogP) is 3.37. The molecule has 0 aromatic heterocycles. The molecule has 0 saturated heterocycles. The normalized spacial score (nSPS) is 12.8. The first kappa shape index (κ1) is 17.8. The van der Waals surface area contributed by atoms with Gasteiger partial charge in [0.1, 0.15) is 10.6 Å². The number of nitrogens with zero attached hydrogens (tertiary/aromatic N) is 1. The highest BCUT2D eigenvalue weighted by molar-refractivity contribution is 7.86. The van der Waals surface area contributed by atoms with Crippen molar-refractivity contribution in [3.8, 4) is 5.75 Å². The van der Waals surface area contributed by atoms with Gasteiger partial charge in [0.15, 0.2) is 5.71 Å². The molecule has 0 heterocycles. The second-order valence-electron chi connectivity index (χ2n) is 4.51. The third-order valence-electron chi connectivity index (χ3n) is 2.89. The number of oxime groups is 1. The van der Waals surface area contributed by atoms with Crippen molar-refractivity contribution in [1.82, 2.24) is 0 Å². The zero-order valence-electron chi connectivity index (χ0n) is 12.3. The summed E-state index contributed by atoms with van der Waals surface area (Å²) in [7, 11) is -3.10. The van der Waals surface area contributed by atoms with Crippen molar-refractivity contribution in [2.75, 3.05) is 7.11 Å². The van der Waals surface area contributed by atoms with E-state index in [0.717, 1.165) is 24.3 Å². The van der Waals surface area contributed by atoms with Crippen LogP contribution in [0.5, 0.6) is 5.75 Å². The number of ether oxygens (including phenoxy) is 1. The smallest absolute Gasteiger partial charge is 0.437 e. The van der Waals surface area contributed by atoms with Gasteiger partial charge in [0.2, 0.25) is 0 Å². The molecule has 0 aliphatic heterocycles. The van der Waals surface area contributed by atoms with Crippen molar-refractivity contribution < 1.29 is 30.6 Å². The molecule has 0 fully saturated rings. The zero-order chi connectivity index (χ0) is 17.8. The molecule has 0 unspecified atom stereocenters. The summed E-state index contributed by atoms with van der Waals surface area (Å²) in [5.74, 6) is 0.387. The molecule has 0 bridgehead atoms. The average molecular weight is 359 g/mol. The number of alkyl halides is 3. The zero-order valence-corrected chi connectivity index (χ0v) is 13.1. The average Bonchev–Trinajstić information content (AvgIpc) is 2.54. The Kier molecular flexibility index (Phi) is 5.13. The molecule has 0 amide bonds. The van der Waals surface area contributed by atoms with E-state index in [2.05, 4.69) is 9.44 Å². The van der Waals surface area contributed by atoms with E-state index in [1.807, 2.05) is 0 Å². The van der Waals surface area contributed by atoms with Crippen LogP contribution in [-0.2, 0) is 14.4 Å². The highest BCUT2D eigenvalue weighted by atomic mass is 32.2. The summed E-state index contributed by atoms with van der Waals surface area (Å²) < 4.78 is 72.2. The monoisotopic (exact) mass is 359 g/mol. The lowest BCUT2D eigenvalue weighted by atomic mass is 10.1. The van der Waals surface area contributed by atoms with E-state index < -0.39 is 22.0 Å². The molecule has 128 valence electrons. The third-order valence-corrected chi connectivity index (χ3v) is 4.01. The maximum atomic E-state index is 13.1. The van der Waals surface area contributed by atoms with Crippen LogP contribution < -0.4 is 4.74 Å². The van der Waals surface area contributed by atoms with Gasteiger partial charge in [0, 0.05) is 5.56 Å². The molecular formula is C15H12F3NO4S. The lowest BCUT2D eigenvalue weighted by molar-refractivity contribution is -0.0597. The molecule has 2 rings (SSSR count). The molecule has 9 heteroatoms. The van der Waals surface area contributed by atoms with Crippen LogP contribution in [0.2, 0.25) is 0 Å². The van der Waals surface area contributed by atoms with Gasteiger partial charge in [0.25, 0.3) is 0 Å². The summed E-state index contributed by atoms with van der Waals surface area (Å²) in [5, 5.41) is 2.83. The Morgan fingerprint density at radius 3 is 2.08 bits per heavy atom. The second kappa shape index (κ2) is 6.91. The van der Waals surface area contributed by atoms with Crippen molar-refractivity contribution in [3.05, 3.63) is 60.2 Å². The first-order chi connectivity index (χ1) is 11.2. The fraction of sp³-hybridized carbons (Fsp3) is 0.133. The first-order valence-corrected chi connectivity index (χ1v) is 7.93. The SMILES string of the molecule is COc1ccc(S(=O)(=O)O/N=C(/c2ccccc2)C(F)(F)F)cc1. The molecule has 0 saturated carbocycles. The van der Waals surface area contributed by atoms with E-state index in [9.17, 15) is 21.6 Å². The lowest BCUT2D eigenvalue weighted by Crippen LogP contribution is -2.25. The molecule has 0 N–H and O–H groups in total. The molecule has 0 atom stereocenters. The maximum Gasteiger partial charge on any atom is 0.437 e. The standard InChI is InChI=1S/C15H12F3NO4S/c1-22-12-7-9-13(10-8-12)24(20,21)23-19-14(15(16,17)18)11-5-3-2-4-6-11/h2-10H,1H3/b19-14-. The molecule has 0 aliphatic carbocycles. The molecular weight excluding hydrogens is 347 g/mol. The van der Waals surface area contributed by atoms with E-state index in [0.29, 0.717) is 5.75 Å². The minimum absolute atomic E-state index is 0.310. The minimum Gasteiger partial charge on any atom is -0.497 e. The predicted molar refractivity (Wildman–Crippen MR) is 80.3 cm³/mol. The van der Waals surface area contributed by atoms with Gasteiger partial charge < -0.3 is 4.74 Å². The highest BCUT2D eigenvalue weighted by Gasteiger charge is 2.38.